The van der Waals surface area contributed by atoms with Crippen LogP contribution in [0.15, 0.2) is 30.3 Å². The van der Waals surface area contributed by atoms with Gasteiger partial charge in [-0.15, -0.1) is 11.3 Å². The van der Waals surface area contributed by atoms with Crippen LogP contribution in [0, 0.1) is 11.6 Å². The Kier molecular flexibility index (Phi) is 5.23. The van der Waals surface area contributed by atoms with Crippen molar-refractivity contribution in [1.29, 1.82) is 0 Å². The summed E-state index contributed by atoms with van der Waals surface area (Å²) in [6.07, 6.45) is 2.18. The van der Waals surface area contributed by atoms with Gasteiger partial charge in [-0.1, -0.05) is 13.0 Å². The molecule has 2 rings (SSSR count). The number of benzene rings is 1. The molecule has 0 aliphatic carbocycles. The number of hydrogen-bond donors (Lipinski definition) is 2. The molecular weight excluding hydrogens is 278 g/mol. The molecule has 0 radical (unpaired) electrons. The largest absolute Gasteiger partial charge is 0.271 e. The molecule has 5 heteroatoms. The number of aryl methyl sites for hydroxylation is 1. The van der Waals surface area contributed by atoms with Gasteiger partial charge in [-0.3, -0.25) is 11.3 Å². The monoisotopic (exact) mass is 296 g/mol. The highest BCUT2D eigenvalue weighted by molar-refractivity contribution is 7.11. The minimum atomic E-state index is -0.561. The van der Waals surface area contributed by atoms with E-state index in [0.717, 1.165) is 18.9 Å². The average molecular weight is 296 g/mol. The Morgan fingerprint density at radius 1 is 1.15 bits per heavy atom. The van der Waals surface area contributed by atoms with E-state index in [4.69, 9.17) is 5.84 Å². The molecule has 108 valence electrons. The molecule has 0 aliphatic heterocycles. The van der Waals surface area contributed by atoms with Crippen molar-refractivity contribution in [3.05, 3.63) is 57.3 Å². The fourth-order valence-corrected chi connectivity index (χ4v) is 3.15. The summed E-state index contributed by atoms with van der Waals surface area (Å²) in [5, 5.41) is 0. The average Bonchev–Trinajstić information content (AvgIpc) is 2.88. The van der Waals surface area contributed by atoms with Crippen molar-refractivity contribution in [2.75, 3.05) is 0 Å². The molecule has 0 aliphatic rings. The van der Waals surface area contributed by atoms with Gasteiger partial charge in [-0.05, 0) is 43.0 Å². The molecule has 2 nitrogen and oxygen atoms in total. The van der Waals surface area contributed by atoms with E-state index in [-0.39, 0.29) is 6.04 Å². The SMILES string of the molecule is CCc1ccc(CC(Cc2ccc(F)cc2F)NN)s1. The summed E-state index contributed by atoms with van der Waals surface area (Å²) in [6, 6.07) is 7.76. The second-order valence-electron chi connectivity index (χ2n) is 4.73. The maximum Gasteiger partial charge on any atom is 0.129 e. The summed E-state index contributed by atoms with van der Waals surface area (Å²) in [6.45, 7) is 2.11. The number of nitrogens with one attached hydrogen (secondary N) is 1. The third-order valence-corrected chi connectivity index (χ3v) is 4.48. The molecule has 0 bridgehead atoms. The van der Waals surface area contributed by atoms with Crippen LogP contribution < -0.4 is 11.3 Å². The first-order valence-corrected chi connectivity index (χ1v) is 7.41. The minimum Gasteiger partial charge on any atom is -0.271 e. The number of hydrazine groups is 1. The topological polar surface area (TPSA) is 38.0 Å². The number of thiophene rings is 1. The van der Waals surface area contributed by atoms with Gasteiger partial charge in [0.2, 0.25) is 0 Å². The molecule has 1 unspecified atom stereocenters. The number of halogens is 2. The molecule has 0 saturated carbocycles. The first-order valence-electron chi connectivity index (χ1n) is 6.60. The third kappa shape index (κ3) is 3.85. The van der Waals surface area contributed by atoms with Crippen LogP contribution in [0.1, 0.15) is 22.2 Å². The van der Waals surface area contributed by atoms with Gasteiger partial charge in [-0.2, -0.15) is 0 Å². The van der Waals surface area contributed by atoms with Gasteiger partial charge in [0.1, 0.15) is 11.6 Å². The maximum absolute atomic E-state index is 13.6. The molecule has 2 aromatic rings. The van der Waals surface area contributed by atoms with E-state index < -0.39 is 11.6 Å². The zero-order valence-corrected chi connectivity index (χ0v) is 12.1. The van der Waals surface area contributed by atoms with E-state index in [0.29, 0.717) is 12.0 Å². The highest BCUT2D eigenvalue weighted by atomic mass is 32.1. The Balaban J connectivity index is 2.04. The summed E-state index contributed by atoms with van der Waals surface area (Å²) >= 11 is 1.74. The fourth-order valence-electron chi connectivity index (χ4n) is 2.11. The van der Waals surface area contributed by atoms with Crippen molar-refractivity contribution in [1.82, 2.24) is 5.43 Å². The summed E-state index contributed by atoms with van der Waals surface area (Å²) in [7, 11) is 0. The Morgan fingerprint density at radius 3 is 2.50 bits per heavy atom. The van der Waals surface area contributed by atoms with E-state index in [1.807, 2.05) is 0 Å². The summed E-state index contributed by atoms with van der Waals surface area (Å²) in [5.41, 5.74) is 3.19. The predicted molar refractivity (Wildman–Crippen MR) is 78.6 cm³/mol. The first kappa shape index (κ1) is 15.1. The summed E-state index contributed by atoms with van der Waals surface area (Å²) in [5.74, 6) is 4.46. The van der Waals surface area contributed by atoms with Gasteiger partial charge in [0.05, 0.1) is 0 Å². The van der Waals surface area contributed by atoms with Gasteiger partial charge >= 0.3 is 0 Å². The second-order valence-corrected chi connectivity index (χ2v) is 5.98. The van der Waals surface area contributed by atoms with Crippen molar-refractivity contribution in [2.24, 2.45) is 5.84 Å². The van der Waals surface area contributed by atoms with Crippen LogP contribution in [0.5, 0.6) is 0 Å². The number of hydrogen-bond acceptors (Lipinski definition) is 3. The molecule has 0 amide bonds. The highest BCUT2D eigenvalue weighted by Crippen LogP contribution is 2.20. The molecule has 1 heterocycles. The molecule has 1 atom stereocenters. The minimum absolute atomic E-state index is 0.0710. The standard InChI is InChI=1S/C15H18F2N2S/c1-2-13-5-6-14(20-13)9-12(19-18)7-10-3-4-11(16)8-15(10)17/h3-6,8,12,19H,2,7,9,18H2,1H3. The van der Waals surface area contributed by atoms with Crippen LogP contribution in [-0.2, 0) is 19.3 Å². The van der Waals surface area contributed by atoms with Gasteiger partial charge in [0, 0.05) is 21.9 Å². The smallest absolute Gasteiger partial charge is 0.129 e. The van der Waals surface area contributed by atoms with Crippen LogP contribution in [0.25, 0.3) is 0 Å². The maximum atomic E-state index is 13.6. The lowest BCUT2D eigenvalue weighted by molar-refractivity contribution is 0.504. The number of nitrogens with two attached hydrogens (primary N) is 1. The number of rotatable bonds is 6. The second kappa shape index (κ2) is 6.92. The zero-order chi connectivity index (χ0) is 14.5. The van der Waals surface area contributed by atoms with Gasteiger partial charge in [-0.25, -0.2) is 8.78 Å². The van der Waals surface area contributed by atoms with Crippen LogP contribution in [0.4, 0.5) is 8.78 Å². The molecule has 3 N–H and O–H groups in total. The normalized spacial score (nSPS) is 12.6. The van der Waals surface area contributed by atoms with Gasteiger partial charge < -0.3 is 0 Å². The van der Waals surface area contributed by atoms with Crippen molar-refractivity contribution in [3.8, 4) is 0 Å². The lowest BCUT2D eigenvalue weighted by Gasteiger charge is -2.15. The summed E-state index contributed by atoms with van der Waals surface area (Å²) < 4.78 is 26.5. The first-order chi connectivity index (χ1) is 9.62. The Hall–Kier alpha value is -1.30. The van der Waals surface area contributed by atoms with Crippen molar-refractivity contribution in [3.63, 3.8) is 0 Å². The quantitative estimate of drug-likeness (QED) is 0.634. The highest BCUT2D eigenvalue weighted by Gasteiger charge is 2.13. The van der Waals surface area contributed by atoms with Crippen molar-refractivity contribution < 1.29 is 8.78 Å². The zero-order valence-electron chi connectivity index (χ0n) is 11.3. The van der Waals surface area contributed by atoms with Gasteiger partial charge in [0.15, 0.2) is 0 Å². The van der Waals surface area contributed by atoms with Crippen LogP contribution in [0.2, 0.25) is 0 Å². The molecule has 0 spiro atoms. The lowest BCUT2D eigenvalue weighted by Crippen LogP contribution is -2.38. The van der Waals surface area contributed by atoms with E-state index >= 15 is 0 Å². The third-order valence-electron chi connectivity index (χ3n) is 3.23. The van der Waals surface area contributed by atoms with Crippen molar-refractivity contribution >= 4 is 11.3 Å². The molecule has 0 saturated heterocycles. The molecular formula is C15H18F2N2S. The van der Waals surface area contributed by atoms with E-state index in [2.05, 4.69) is 24.5 Å². The van der Waals surface area contributed by atoms with Crippen LogP contribution in [-0.4, -0.2) is 6.04 Å². The molecule has 1 aromatic heterocycles. The van der Waals surface area contributed by atoms with Crippen LogP contribution >= 0.6 is 11.3 Å². The Bertz CT molecular complexity index is 569. The fraction of sp³-hybridized carbons (Fsp3) is 0.333. The molecule has 20 heavy (non-hydrogen) atoms. The van der Waals surface area contributed by atoms with Crippen LogP contribution in [0.3, 0.4) is 0 Å². The lowest BCUT2D eigenvalue weighted by atomic mass is 10.0. The van der Waals surface area contributed by atoms with E-state index in [1.54, 1.807) is 11.3 Å². The Labute approximate surface area is 121 Å². The molecule has 1 aromatic carbocycles. The predicted octanol–water partition coefficient (Wildman–Crippen LogP) is 3.21. The van der Waals surface area contributed by atoms with Gasteiger partial charge in [0.25, 0.3) is 0 Å². The summed E-state index contributed by atoms with van der Waals surface area (Å²) in [4.78, 5) is 2.54. The van der Waals surface area contributed by atoms with E-state index in [1.165, 1.54) is 21.9 Å². The van der Waals surface area contributed by atoms with Crippen molar-refractivity contribution in [2.45, 2.75) is 32.2 Å². The Morgan fingerprint density at radius 2 is 1.90 bits per heavy atom. The van der Waals surface area contributed by atoms with E-state index in [9.17, 15) is 8.78 Å². The molecule has 0 fully saturated rings.